The van der Waals surface area contributed by atoms with Gasteiger partial charge in [-0.15, -0.1) is 0 Å². The highest BCUT2D eigenvalue weighted by Gasteiger charge is 2.14. The number of hydrogen-bond donors (Lipinski definition) is 1. The van der Waals surface area contributed by atoms with Gasteiger partial charge in [0.1, 0.15) is 5.75 Å². The van der Waals surface area contributed by atoms with E-state index in [1.807, 2.05) is 36.4 Å². The molecule has 0 radical (unpaired) electrons. The van der Waals surface area contributed by atoms with Crippen LogP contribution in [0.25, 0.3) is 23.3 Å². The quantitative estimate of drug-likeness (QED) is 0.433. The molecule has 0 aliphatic rings. The molecule has 0 unspecified atom stereocenters. The van der Waals surface area contributed by atoms with Crippen LogP contribution in [0.1, 0.15) is 55.5 Å². The van der Waals surface area contributed by atoms with Crippen molar-refractivity contribution in [2.45, 2.75) is 34.1 Å². The minimum atomic E-state index is 0.354. The molecule has 0 amide bonds. The van der Waals surface area contributed by atoms with Crippen LogP contribution in [0, 0.1) is 5.92 Å². The van der Waals surface area contributed by atoms with Crippen molar-refractivity contribution < 1.29 is 5.11 Å². The van der Waals surface area contributed by atoms with E-state index in [4.69, 9.17) is 0 Å². The van der Waals surface area contributed by atoms with Gasteiger partial charge in [0.25, 0.3) is 0 Å². The first-order valence-electron chi connectivity index (χ1n) is 10.3. The number of phenols is 1. The summed E-state index contributed by atoms with van der Waals surface area (Å²) in [5.74, 6) is 0.906. The normalized spacial score (nSPS) is 12.4. The molecule has 0 spiro atoms. The fourth-order valence-corrected chi connectivity index (χ4v) is 3.64. The van der Waals surface area contributed by atoms with Crippen LogP contribution in [-0.4, -0.2) is 5.11 Å². The monoisotopic (exact) mass is 382 g/mol. The molecule has 29 heavy (non-hydrogen) atoms. The highest BCUT2D eigenvalue weighted by Crippen LogP contribution is 2.36. The zero-order chi connectivity index (χ0) is 20.8. The molecule has 0 aliphatic carbocycles. The third-order valence-electron chi connectivity index (χ3n) is 5.03. The van der Waals surface area contributed by atoms with Gasteiger partial charge in [0, 0.05) is 11.1 Å². The van der Waals surface area contributed by atoms with Crippen molar-refractivity contribution in [3.63, 3.8) is 0 Å². The van der Waals surface area contributed by atoms with E-state index >= 15 is 0 Å². The van der Waals surface area contributed by atoms with Crippen molar-refractivity contribution in [3.8, 4) is 5.75 Å². The highest BCUT2D eigenvalue weighted by atomic mass is 16.3. The molecule has 3 aromatic rings. The standard InChI is InChI=1S/C28H30O/c1-20(2)15-25-18-26(21(3)16-23-11-7-5-8-12-23)28(29)27(19-25)22(4)17-24-13-9-6-10-14-24/h5-14,16-20,29H,15H2,1-4H3/b21-16+,22-17+. The lowest BCUT2D eigenvalue weighted by Crippen LogP contribution is -1.98. The van der Waals surface area contributed by atoms with Gasteiger partial charge in [-0.2, -0.15) is 0 Å². The molecule has 3 rings (SSSR count). The molecule has 1 heteroatoms. The average Bonchev–Trinajstić information content (AvgIpc) is 2.70. The number of phenolic OH excluding ortho intramolecular Hbond substituents is 1. The van der Waals surface area contributed by atoms with Gasteiger partial charge in [0.2, 0.25) is 0 Å². The minimum absolute atomic E-state index is 0.354. The number of hydrogen-bond acceptors (Lipinski definition) is 1. The van der Waals surface area contributed by atoms with Gasteiger partial charge in [-0.05, 0) is 66.2 Å². The van der Waals surface area contributed by atoms with Crippen molar-refractivity contribution in [2.24, 2.45) is 5.92 Å². The van der Waals surface area contributed by atoms with Crippen LogP contribution in [-0.2, 0) is 6.42 Å². The van der Waals surface area contributed by atoms with Crippen LogP contribution < -0.4 is 0 Å². The maximum absolute atomic E-state index is 11.2. The first kappa shape index (κ1) is 20.7. The summed E-state index contributed by atoms with van der Waals surface area (Å²) in [6.45, 7) is 8.60. The van der Waals surface area contributed by atoms with Crippen molar-refractivity contribution in [1.82, 2.24) is 0 Å². The van der Waals surface area contributed by atoms with Gasteiger partial charge in [0.05, 0.1) is 0 Å². The van der Waals surface area contributed by atoms with E-state index in [9.17, 15) is 5.11 Å². The molecule has 0 heterocycles. The van der Waals surface area contributed by atoms with Crippen LogP contribution in [0.3, 0.4) is 0 Å². The number of allylic oxidation sites excluding steroid dienone is 2. The molecule has 3 aromatic carbocycles. The predicted octanol–water partition coefficient (Wildman–Crippen LogP) is 7.71. The molecule has 0 bridgehead atoms. The summed E-state index contributed by atoms with van der Waals surface area (Å²) in [6, 6.07) is 24.8. The second-order valence-corrected chi connectivity index (χ2v) is 8.11. The summed E-state index contributed by atoms with van der Waals surface area (Å²) >= 11 is 0. The Morgan fingerprint density at radius 1 is 0.759 bits per heavy atom. The Hall–Kier alpha value is -3.06. The fraction of sp³-hybridized carbons (Fsp3) is 0.214. The van der Waals surface area contributed by atoms with E-state index in [-0.39, 0.29) is 0 Å². The number of benzene rings is 3. The fourth-order valence-electron chi connectivity index (χ4n) is 3.64. The first-order valence-corrected chi connectivity index (χ1v) is 10.3. The van der Waals surface area contributed by atoms with E-state index in [2.05, 4.69) is 76.2 Å². The van der Waals surface area contributed by atoms with E-state index in [1.165, 1.54) is 5.56 Å². The van der Waals surface area contributed by atoms with Crippen LogP contribution in [0.4, 0.5) is 0 Å². The summed E-state index contributed by atoms with van der Waals surface area (Å²) < 4.78 is 0. The lowest BCUT2D eigenvalue weighted by Gasteiger charge is -2.16. The molecule has 0 aromatic heterocycles. The molecule has 0 saturated carbocycles. The van der Waals surface area contributed by atoms with Crippen molar-refractivity contribution >= 4 is 23.3 Å². The van der Waals surface area contributed by atoms with Crippen molar-refractivity contribution in [1.29, 1.82) is 0 Å². The number of aromatic hydroxyl groups is 1. The van der Waals surface area contributed by atoms with Crippen molar-refractivity contribution in [3.05, 3.63) is 101 Å². The number of rotatable bonds is 6. The molecule has 1 nitrogen and oxygen atoms in total. The Morgan fingerprint density at radius 3 is 1.55 bits per heavy atom. The minimum Gasteiger partial charge on any atom is -0.507 e. The van der Waals surface area contributed by atoms with E-state index < -0.39 is 0 Å². The second kappa shape index (κ2) is 9.43. The molecule has 0 fully saturated rings. The summed E-state index contributed by atoms with van der Waals surface area (Å²) in [5.41, 5.74) is 7.46. The van der Waals surface area contributed by atoms with Crippen molar-refractivity contribution in [2.75, 3.05) is 0 Å². The molecule has 0 saturated heterocycles. The van der Waals surface area contributed by atoms with Crippen LogP contribution >= 0.6 is 0 Å². The summed E-state index contributed by atoms with van der Waals surface area (Å²) in [6.07, 6.45) is 5.25. The Morgan fingerprint density at radius 2 is 1.17 bits per heavy atom. The largest absolute Gasteiger partial charge is 0.507 e. The van der Waals surface area contributed by atoms with Gasteiger partial charge in [0.15, 0.2) is 0 Å². The van der Waals surface area contributed by atoms with Gasteiger partial charge in [-0.1, -0.05) is 86.7 Å². The SMILES string of the molecule is C/C(=C\c1ccccc1)c1cc(CC(C)C)cc(/C(C)=C/c2ccccc2)c1O. The Labute approximate surface area is 175 Å². The Kier molecular flexibility index (Phi) is 6.72. The molecular formula is C28H30O. The average molecular weight is 383 g/mol. The molecule has 148 valence electrons. The lowest BCUT2D eigenvalue weighted by molar-refractivity contribution is 0.471. The van der Waals surface area contributed by atoms with Gasteiger partial charge < -0.3 is 5.11 Å². The highest BCUT2D eigenvalue weighted by molar-refractivity contribution is 5.89. The maximum atomic E-state index is 11.2. The van der Waals surface area contributed by atoms with E-state index in [0.717, 1.165) is 39.8 Å². The molecule has 1 N–H and O–H groups in total. The summed E-state index contributed by atoms with van der Waals surface area (Å²) in [7, 11) is 0. The molecular weight excluding hydrogens is 352 g/mol. The maximum Gasteiger partial charge on any atom is 0.130 e. The predicted molar refractivity (Wildman–Crippen MR) is 127 cm³/mol. The third kappa shape index (κ3) is 5.48. The van der Waals surface area contributed by atoms with Gasteiger partial charge in [-0.3, -0.25) is 0 Å². The zero-order valence-corrected chi connectivity index (χ0v) is 17.8. The van der Waals surface area contributed by atoms with Crippen LogP contribution in [0.2, 0.25) is 0 Å². The zero-order valence-electron chi connectivity index (χ0n) is 17.8. The summed E-state index contributed by atoms with van der Waals surface area (Å²) in [5, 5.41) is 11.2. The first-order chi connectivity index (χ1) is 13.9. The smallest absolute Gasteiger partial charge is 0.130 e. The molecule has 0 atom stereocenters. The second-order valence-electron chi connectivity index (χ2n) is 8.11. The molecule has 0 aliphatic heterocycles. The van der Waals surface area contributed by atoms with Gasteiger partial charge >= 0.3 is 0 Å². The third-order valence-corrected chi connectivity index (χ3v) is 5.03. The van der Waals surface area contributed by atoms with E-state index in [1.54, 1.807) is 0 Å². The Balaban J connectivity index is 2.10. The van der Waals surface area contributed by atoms with Crippen LogP contribution in [0.15, 0.2) is 72.8 Å². The van der Waals surface area contributed by atoms with Gasteiger partial charge in [-0.25, -0.2) is 0 Å². The van der Waals surface area contributed by atoms with E-state index in [0.29, 0.717) is 11.7 Å². The van der Waals surface area contributed by atoms with Crippen LogP contribution in [0.5, 0.6) is 5.75 Å². The topological polar surface area (TPSA) is 20.2 Å². The lowest BCUT2D eigenvalue weighted by atomic mass is 9.91. The Bertz CT molecular complexity index is 932. The summed E-state index contributed by atoms with van der Waals surface area (Å²) in [4.78, 5) is 0.